The van der Waals surface area contributed by atoms with Gasteiger partial charge in [0.2, 0.25) is 0 Å². The predicted octanol–water partition coefficient (Wildman–Crippen LogP) is 3.02. The Bertz CT molecular complexity index is 606. The summed E-state index contributed by atoms with van der Waals surface area (Å²) in [7, 11) is 0. The Kier molecular flexibility index (Phi) is 4.68. The van der Waals surface area contributed by atoms with Crippen LogP contribution in [0.2, 0.25) is 0 Å². The van der Waals surface area contributed by atoms with Gasteiger partial charge in [0.1, 0.15) is 5.75 Å². The molecule has 2 rings (SSSR count). The number of hydrogen-bond donors (Lipinski definition) is 3. The van der Waals surface area contributed by atoms with Crippen LogP contribution < -0.4 is 10.7 Å². The van der Waals surface area contributed by atoms with Gasteiger partial charge in [0.05, 0.1) is 6.21 Å². The minimum absolute atomic E-state index is 0.228. The summed E-state index contributed by atoms with van der Waals surface area (Å²) < 4.78 is 0. The quantitative estimate of drug-likeness (QED) is 0.461. The van der Waals surface area contributed by atoms with Crippen LogP contribution in [0.4, 0.5) is 5.69 Å². The van der Waals surface area contributed by atoms with Crippen LogP contribution in [0.3, 0.4) is 0 Å². The summed E-state index contributed by atoms with van der Waals surface area (Å²) in [6, 6.07) is 14.6. The highest BCUT2D eigenvalue weighted by Crippen LogP contribution is 2.09. The predicted molar refractivity (Wildman–Crippen MR) is 86.2 cm³/mol. The summed E-state index contributed by atoms with van der Waals surface area (Å²) in [5.41, 5.74) is 5.71. The average Bonchev–Trinajstić information content (AvgIpc) is 2.44. The number of nitrogens with zero attached hydrogens (tertiary/aromatic N) is 1. The molecular weight excluding hydrogens is 270 g/mol. The van der Waals surface area contributed by atoms with Crippen molar-refractivity contribution >= 4 is 29.2 Å². The number of aromatic hydroxyl groups is 1. The highest BCUT2D eigenvalue weighted by atomic mass is 32.1. The van der Waals surface area contributed by atoms with Gasteiger partial charge in [0.15, 0.2) is 5.11 Å². The molecule has 0 fully saturated rings. The normalized spacial score (nSPS) is 10.4. The number of aryl methyl sites for hydroxylation is 1. The molecule has 4 nitrogen and oxygen atoms in total. The van der Waals surface area contributed by atoms with Crippen molar-refractivity contribution in [3.05, 3.63) is 59.7 Å². The highest BCUT2D eigenvalue weighted by Gasteiger charge is 1.95. The van der Waals surface area contributed by atoms with E-state index in [1.54, 1.807) is 30.5 Å². The summed E-state index contributed by atoms with van der Waals surface area (Å²) in [5, 5.41) is 16.6. The molecule has 0 aliphatic heterocycles. The van der Waals surface area contributed by atoms with E-state index in [0.717, 1.165) is 11.3 Å². The zero-order valence-electron chi connectivity index (χ0n) is 11.0. The Hall–Kier alpha value is -2.40. The van der Waals surface area contributed by atoms with Crippen LogP contribution in [-0.2, 0) is 0 Å². The standard InChI is InChI=1S/C15H15N3OS/c1-11-2-6-13(7-3-11)17-15(20)18-16-10-12-4-8-14(19)9-5-12/h2-10,19H,1H3,(H2,17,18,20)/b16-10-. The summed E-state index contributed by atoms with van der Waals surface area (Å²) in [4.78, 5) is 0. The van der Waals surface area contributed by atoms with Gasteiger partial charge in [-0.3, -0.25) is 5.43 Å². The molecule has 0 aliphatic carbocycles. The van der Waals surface area contributed by atoms with Gasteiger partial charge in [-0.25, -0.2) is 0 Å². The molecule has 0 unspecified atom stereocenters. The number of benzene rings is 2. The molecule has 0 saturated carbocycles. The van der Waals surface area contributed by atoms with Crippen molar-refractivity contribution in [3.8, 4) is 5.75 Å². The van der Waals surface area contributed by atoms with E-state index in [4.69, 9.17) is 17.3 Å². The van der Waals surface area contributed by atoms with Gasteiger partial charge in [-0.05, 0) is 61.1 Å². The Morgan fingerprint density at radius 3 is 2.40 bits per heavy atom. The van der Waals surface area contributed by atoms with Crippen molar-refractivity contribution in [2.75, 3.05) is 5.32 Å². The topological polar surface area (TPSA) is 56.7 Å². The van der Waals surface area contributed by atoms with E-state index in [-0.39, 0.29) is 5.75 Å². The SMILES string of the molecule is Cc1ccc(NC(=S)N/N=C\c2ccc(O)cc2)cc1. The molecule has 0 amide bonds. The first-order valence-electron chi connectivity index (χ1n) is 6.09. The zero-order valence-corrected chi connectivity index (χ0v) is 11.8. The second-order valence-corrected chi connectivity index (χ2v) is 4.69. The first kappa shape index (κ1) is 14.0. The van der Waals surface area contributed by atoms with E-state index >= 15 is 0 Å². The molecule has 3 N–H and O–H groups in total. The Labute approximate surface area is 123 Å². The van der Waals surface area contributed by atoms with Crippen LogP contribution >= 0.6 is 12.2 Å². The molecule has 0 radical (unpaired) electrons. The lowest BCUT2D eigenvalue weighted by Gasteiger charge is -2.06. The van der Waals surface area contributed by atoms with Crippen molar-refractivity contribution in [1.82, 2.24) is 5.43 Å². The molecule has 0 bridgehead atoms. The first-order valence-corrected chi connectivity index (χ1v) is 6.50. The molecule has 2 aromatic carbocycles. The number of anilines is 1. The smallest absolute Gasteiger partial charge is 0.191 e. The number of phenols is 1. The molecule has 0 spiro atoms. The second kappa shape index (κ2) is 6.68. The summed E-state index contributed by atoms with van der Waals surface area (Å²) in [5.74, 6) is 0.228. The van der Waals surface area contributed by atoms with Gasteiger partial charge in [-0.15, -0.1) is 0 Å². The van der Waals surface area contributed by atoms with E-state index in [2.05, 4.69) is 15.8 Å². The van der Waals surface area contributed by atoms with Crippen molar-refractivity contribution in [2.24, 2.45) is 5.10 Å². The molecule has 2 aromatic rings. The number of hydrazone groups is 1. The van der Waals surface area contributed by atoms with Crippen molar-refractivity contribution < 1.29 is 5.11 Å². The van der Waals surface area contributed by atoms with E-state index < -0.39 is 0 Å². The van der Waals surface area contributed by atoms with Crippen LogP contribution in [0, 0.1) is 6.92 Å². The third kappa shape index (κ3) is 4.37. The molecule has 0 heterocycles. The van der Waals surface area contributed by atoms with E-state index in [1.165, 1.54) is 5.56 Å². The summed E-state index contributed by atoms with van der Waals surface area (Å²) in [6.45, 7) is 2.03. The van der Waals surface area contributed by atoms with Crippen LogP contribution in [-0.4, -0.2) is 16.4 Å². The average molecular weight is 285 g/mol. The fourth-order valence-corrected chi connectivity index (χ4v) is 1.69. The lowest BCUT2D eigenvalue weighted by atomic mass is 10.2. The molecular formula is C15H15N3OS. The van der Waals surface area contributed by atoms with Gasteiger partial charge >= 0.3 is 0 Å². The monoisotopic (exact) mass is 285 g/mol. The zero-order chi connectivity index (χ0) is 14.4. The second-order valence-electron chi connectivity index (χ2n) is 4.28. The lowest BCUT2D eigenvalue weighted by Crippen LogP contribution is -2.23. The van der Waals surface area contributed by atoms with Gasteiger partial charge in [0.25, 0.3) is 0 Å². The van der Waals surface area contributed by atoms with E-state index in [9.17, 15) is 0 Å². The molecule has 0 atom stereocenters. The largest absolute Gasteiger partial charge is 0.508 e. The van der Waals surface area contributed by atoms with E-state index in [0.29, 0.717) is 5.11 Å². The van der Waals surface area contributed by atoms with Crippen molar-refractivity contribution in [1.29, 1.82) is 0 Å². The van der Waals surface area contributed by atoms with Gasteiger partial charge in [-0.1, -0.05) is 17.7 Å². The van der Waals surface area contributed by atoms with Crippen LogP contribution in [0.1, 0.15) is 11.1 Å². The van der Waals surface area contributed by atoms with Crippen LogP contribution in [0.25, 0.3) is 0 Å². The summed E-state index contributed by atoms with van der Waals surface area (Å²) in [6.07, 6.45) is 1.63. The Morgan fingerprint density at radius 2 is 1.75 bits per heavy atom. The fourth-order valence-electron chi connectivity index (χ4n) is 1.52. The minimum atomic E-state index is 0.228. The molecule has 0 aromatic heterocycles. The van der Waals surface area contributed by atoms with Crippen LogP contribution in [0.5, 0.6) is 5.75 Å². The minimum Gasteiger partial charge on any atom is -0.508 e. The van der Waals surface area contributed by atoms with E-state index in [1.807, 2.05) is 31.2 Å². The van der Waals surface area contributed by atoms with Gasteiger partial charge in [0, 0.05) is 5.69 Å². The maximum Gasteiger partial charge on any atom is 0.191 e. The third-order valence-electron chi connectivity index (χ3n) is 2.58. The number of nitrogens with one attached hydrogen (secondary N) is 2. The van der Waals surface area contributed by atoms with Crippen molar-refractivity contribution in [3.63, 3.8) is 0 Å². The molecule has 0 aliphatic rings. The Balaban J connectivity index is 1.85. The first-order chi connectivity index (χ1) is 9.63. The molecule has 0 saturated heterocycles. The summed E-state index contributed by atoms with van der Waals surface area (Å²) >= 11 is 5.13. The van der Waals surface area contributed by atoms with Crippen molar-refractivity contribution in [2.45, 2.75) is 6.92 Å². The third-order valence-corrected chi connectivity index (χ3v) is 2.78. The lowest BCUT2D eigenvalue weighted by molar-refractivity contribution is 0.475. The number of phenolic OH excluding ortho intramolecular Hbond substituents is 1. The van der Waals surface area contributed by atoms with Gasteiger partial charge < -0.3 is 10.4 Å². The van der Waals surface area contributed by atoms with Gasteiger partial charge in [-0.2, -0.15) is 5.10 Å². The molecule has 20 heavy (non-hydrogen) atoms. The number of hydrogen-bond acceptors (Lipinski definition) is 3. The maximum atomic E-state index is 9.16. The molecule has 102 valence electrons. The Morgan fingerprint density at radius 1 is 1.10 bits per heavy atom. The maximum absolute atomic E-state index is 9.16. The fraction of sp³-hybridized carbons (Fsp3) is 0.0667. The number of rotatable bonds is 3. The number of thiocarbonyl (C=S) groups is 1. The molecule has 5 heteroatoms. The van der Waals surface area contributed by atoms with Crippen LogP contribution in [0.15, 0.2) is 53.6 Å². The highest BCUT2D eigenvalue weighted by molar-refractivity contribution is 7.80.